The van der Waals surface area contributed by atoms with Crippen molar-refractivity contribution in [3.63, 3.8) is 0 Å². The van der Waals surface area contributed by atoms with Crippen molar-refractivity contribution in [1.29, 1.82) is 0 Å². The number of rotatable bonds is 1. The molecule has 1 aromatic heterocycles. The lowest BCUT2D eigenvalue weighted by Gasteiger charge is -2.17. The summed E-state index contributed by atoms with van der Waals surface area (Å²) in [6.07, 6.45) is 3.77. The summed E-state index contributed by atoms with van der Waals surface area (Å²) < 4.78 is 2.22. The van der Waals surface area contributed by atoms with Gasteiger partial charge < -0.3 is 5.11 Å². The van der Waals surface area contributed by atoms with Crippen molar-refractivity contribution >= 4 is 22.6 Å². The molecule has 0 aromatic carbocycles. The molecule has 0 radical (unpaired) electrons. The molecular formula is C10H13IN2O2. The summed E-state index contributed by atoms with van der Waals surface area (Å²) in [7, 11) is 0. The Morgan fingerprint density at radius 1 is 1.60 bits per heavy atom. The van der Waals surface area contributed by atoms with E-state index < -0.39 is 6.10 Å². The Bertz CT molecular complexity index is 430. The van der Waals surface area contributed by atoms with E-state index in [0.29, 0.717) is 3.57 Å². The van der Waals surface area contributed by atoms with Crippen LogP contribution in [-0.4, -0.2) is 20.8 Å². The third kappa shape index (κ3) is 1.94. The molecule has 2 atom stereocenters. The van der Waals surface area contributed by atoms with Crippen LogP contribution < -0.4 is 5.56 Å². The molecule has 82 valence electrons. The molecule has 0 spiro atoms. The van der Waals surface area contributed by atoms with Gasteiger partial charge in [0.2, 0.25) is 0 Å². The second kappa shape index (κ2) is 4.21. The van der Waals surface area contributed by atoms with Crippen LogP contribution in [0, 0.1) is 10.5 Å². The third-order valence-electron chi connectivity index (χ3n) is 2.92. The van der Waals surface area contributed by atoms with Gasteiger partial charge in [0, 0.05) is 0 Å². The summed E-state index contributed by atoms with van der Waals surface area (Å²) in [5.41, 5.74) is 0.721. The summed E-state index contributed by atoms with van der Waals surface area (Å²) in [4.78, 5) is 16.1. The van der Waals surface area contributed by atoms with Gasteiger partial charge in [0.05, 0.1) is 27.7 Å². The van der Waals surface area contributed by atoms with Gasteiger partial charge in [0.1, 0.15) is 0 Å². The molecule has 0 bridgehead atoms. The van der Waals surface area contributed by atoms with Crippen LogP contribution in [-0.2, 0) is 0 Å². The molecule has 15 heavy (non-hydrogen) atoms. The number of hydrogen-bond acceptors (Lipinski definition) is 3. The van der Waals surface area contributed by atoms with Gasteiger partial charge in [0.25, 0.3) is 5.56 Å². The SMILES string of the molecule is Cc1ncn([C@H]2CCC[C@@H]2O)c(=O)c1I. The Kier molecular flexibility index (Phi) is 3.11. The van der Waals surface area contributed by atoms with E-state index in [1.165, 1.54) is 0 Å². The van der Waals surface area contributed by atoms with Crippen molar-refractivity contribution in [3.05, 3.63) is 25.9 Å². The number of hydrogen-bond donors (Lipinski definition) is 1. The lowest BCUT2D eigenvalue weighted by Crippen LogP contribution is -2.31. The van der Waals surface area contributed by atoms with E-state index in [4.69, 9.17) is 0 Å². The van der Waals surface area contributed by atoms with Gasteiger partial charge in [-0.1, -0.05) is 0 Å². The second-order valence-electron chi connectivity index (χ2n) is 3.92. The van der Waals surface area contributed by atoms with Gasteiger partial charge in [0.15, 0.2) is 0 Å². The second-order valence-corrected chi connectivity index (χ2v) is 5.00. The summed E-state index contributed by atoms with van der Waals surface area (Å²) in [5.74, 6) is 0. The van der Waals surface area contributed by atoms with E-state index in [2.05, 4.69) is 4.98 Å². The van der Waals surface area contributed by atoms with Gasteiger partial charge in [-0.3, -0.25) is 9.36 Å². The number of halogens is 1. The first kappa shape index (κ1) is 11.1. The molecule has 2 rings (SSSR count). The topological polar surface area (TPSA) is 55.1 Å². The third-order valence-corrected chi connectivity index (χ3v) is 4.16. The fourth-order valence-corrected chi connectivity index (χ4v) is 2.43. The standard InChI is InChI=1S/C10H13IN2O2/c1-6-9(11)10(15)13(5-12-6)7-3-2-4-8(7)14/h5,7-8,14H,2-4H2,1H3/t7-,8-/m0/s1. The van der Waals surface area contributed by atoms with Crippen LogP contribution in [0.5, 0.6) is 0 Å². The van der Waals surface area contributed by atoms with E-state index in [1.807, 2.05) is 29.5 Å². The first-order valence-electron chi connectivity index (χ1n) is 5.02. The van der Waals surface area contributed by atoms with Crippen molar-refractivity contribution in [3.8, 4) is 0 Å². The molecule has 0 amide bonds. The van der Waals surface area contributed by atoms with Crippen LogP contribution in [0.25, 0.3) is 0 Å². The zero-order valence-corrected chi connectivity index (χ0v) is 10.6. The number of aromatic nitrogens is 2. The van der Waals surface area contributed by atoms with Crippen molar-refractivity contribution in [2.75, 3.05) is 0 Å². The summed E-state index contributed by atoms with van der Waals surface area (Å²) in [6.45, 7) is 1.82. The van der Waals surface area contributed by atoms with Crippen LogP contribution >= 0.6 is 22.6 Å². The predicted octanol–water partition coefficient (Wildman–Crippen LogP) is 1.24. The fraction of sp³-hybridized carbons (Fsp3) is 0.600. The maximum Gasteiger partial charge on any atom is 0.267 e. The highest BCUT2D eigenvalue weighted by atomic mass is 127. The summed E-state index contributed by atoms with van der Waals surface area (Å²) in [5, 5.41) is 9.74. The Morgan fingerprint density at radius 3 is 2.93 bits per heavy atom. The minimum absolute atomic E-state index is 0.0333. The fourth-order valence-electron chi connectivity index (χ4n) is 2.01. The molecule has 1 N–H and O–H groups in total. The van der Waals surface area contributed by atoms with E-state index in [-0.39, 0.29) is 11.6 Å². The lowest BCUT2D eigenvalue weighted by atomic mass is 10.2. The minimum atomic E-state index is -0.400. The average Bonchev–Trinajstić information content (AvgIpc) is 2.62. The predicted molar refractivity (Wildman–Crippen MR) is 64.8 cm³/mol. The minimum Gasteiger partial charge on any atom is -0.391 e. The van der Waals surface area contributed by atoms with Crippen molar-refractivity contribution < 1.29 is 5.11 Å². The van der Waals surface area contributed by atoms with Crippen LogP contribution in [0.15, 0.2) is 11.1 Å². The van der Waals surface area contributed by atoms with E-state index >= 15 is 0 Å². The Balaban J connectivity index is 2.45. The molecule has 1 heterocycles. The van der Waals surface area contributed by atoms with Gasteiger partial charge in [-0.15, -0.1) is 0 Å². The van der Waals surface area contributed by atoms with E-state index in [0.717, 1.165) is 25.0 Å². The Labute approximate surface area is 101 Å². The molecular weight excluding hydrogens is 307 g/mol. The smallest absolute Gasteiger partial charge is 0.267 e. The van der Waals surface area contributed by atoms with Crippen molar-refractivity contribution in [2.24, 2.45) is 0 Å². The Hall–Kier alpha value is -0.430. The van der Waals surface area contributed by atoms with Crippen LogP contribution in [0.1, 0.15) is 31.0 Å². The number of nitrogens with zero attached hydrogens (tertiary/aromatic N) is 2. The normalized spacial score (nSPS) is 25.8. The molecule has 1 saturated carbocycles. The summed E-state index contributed by atoms with van der Waals surface area (Å²) >= 11 is 2.01. The number of aliphatic hydroxyl groups excluding tert-OH is 1. The molecule has 1 aliphatic carbocycles. The molecule has 0 aliphatic heterocycles. The van der Waals surface area contributed by atoms with E-state index in [1.54, 1.807) is 10.9 Å². The summed E-state index contributed by atoms with van der Waals surface area (Å²) in [6, 6.07) is -0.0842. The van der Waals surface area contributed by atoms with Gasteiger partial charge >= 0.3 is 0 Å². The maximum absolute atomic E-state index is 11.9. The molecule has 0 saturated heterocycles. The maximum atomic E-state index is 11.9. The van der Waals surface area contributed by atoms with Crippen LogP contribution in [0.4, 0.5) is 0 Å². The quantitative estimate of drug-likeness (QED) is 0.792. The highest BCUT2D eigenvalue weighted by Crippen LogP contribution is 2.28. The van der Waals surface area contributed by atoms with Crippen LogP contribution in [0.2, 0.25) is 0 Å². The molecule has 5 heteroatoms. The number of aliphatic hydroxyl groups is 1. The molecule has 1 aliphatic rings. The van der Waals surface area contributed by atoms with Gasteiger partial charge in [-0.25, -0.2) is 4.98 Å². The van der Waals surface area contributed by atoms with E-state index in [9.17, 15) is 9.90 Å². The first-order valence-corrected chi connectivity index (χ1v) is 6.10. The molecule has 4 nitrogen and oxygen atoms in total. The van der Waals surface area contributed by atoms with Gasteiger partial charge in [-0.05, 0) is 48.8 Å². The zero-order chi connectivity index (χ0) is 11.0. The first-order chi connectivity index (χ1) is 7.11. The van der Waals surface area contributed by atoms with Gasteiger partial charge in [-0.2, -0.15) is 0 Å². The van der Waals surface area contributed by atoms with Crippen molar-refractivity contribution in [1.82, 2.24) is 9.55 Å². The Morgan fingerprint density at radius 2 is 2.33 bits per heavy atom. The van der Waals surface area contributed by atoms with Crippen molar-refractivity contribution in [2.45, 2.75) is 38.3 Å². The van der Waals surface area contributed by atoms with Crippen LogP contribution in [0.3, 0.4) is 0 Å². The number of aryl methyl sites for hydroxylation is 1. The average molecular weight is 320 g/mol. The monoisotopic (exact) mass is 320 g/mol. The molecule has 0 unspecified atom stereocenters. The molecule has 1 aromatic rings. The lowest BCUT2D eigenvalue weighted by molar-refractivity contribution is 0.134. The largest absolute Gasteiger partial charge is 0.391 e. The highest BCUT2D eigenvalue weighted by molar-refractivity contribution is 14.1. The zero-order valence-electron chi connectivity index (χ0n) is 8.48. The highest BCUT2D eigenvalue weighted by Gasteiger charge is 2.28. The molecule has 1 fully saturated rings.